The second-order valence-corrected chi connectivity index (χ2v) is 8.19. The van der Waals surface area contributed by atoms with E-state index in [-0.39, 0.29) is 17.7 Å². The molecule has 1 N–H and O–H groups in total. The molecule has 4 rings (SSSR count). The van der Waals surface area contributed by atoms with E-state index in [1.165, 1.54) is 12.1 Å². The molecule has 0 aromatic heterocycles. The van der Waals surface area contributed by atoms with Crippen molar-refractivity contribution < 1.29 is 18.3 Å². The van der Waals surface area contributed by atoms with Crippen LogP contribution in [0.15, 0.2) is 72.8 Å². The number of piperidine rings is 1. The molecule has 6 heteroatoms. The average molecular weight is 437 g/mol. The van der Waals surface area contributed by atoms with Crippen molar-refractivity contribution in [3.05, 3.63) is 95.6 Å². The molecule has 3 aromatic carbocycles. The summed E-state index contributed by atoms with van der Waals surface area (Å²) in [6.07, 6.45) is 0.697. The predicted octanol–water partition coefficient (Wildman–Crippen LogP) is 5.22. The molecule has 2 atom stereocenters. The minimum atomic E-state index is -0.595. The number of likely N-dealkylation sites (tertiary alicyclic amines) is 1. The summed E-state index contributed by atoms with van der Waals surface area (Å²) in [6.45, 7) is 1.51. The highest BCUT2D eigenvalue weighted by molar-refractivity contribution is 5.93. The minimum absolute atomic E-state index is 0.0801. The lowest BCUT2D eigenvalue weighted by atomic mass is 9.84. The van der Waals surface area contributed by atoms with E-state index in [2.05, 4.69) is 22.3 Å². The number of carbonyl (C=O) groups is 1. The highest BCUT2D eigenvalue weighted by Gasteiger charge is 2.32. The van der Waals surface area contributed by atoms with Crippen LogP contribution in [0.2, 0.25) is 0 Å². The van der Waals surface area contributed by atoms with Crippen LogP contribution in [-0.4, -0.2) is 31.0 Å². The Labute approximate surface area is 186 Å². The van der Waals surface area contributed by atoms with Crippen molar-refractivity contribution in [3.63, 3.8) is 0 Å². The minimum Gasteiger partial charge on any atom is -0.497 e. The van der Waals surface area contributed by atoms with Crippen molar-refractivity contribution in [2.75, 3.05) is 25.5 Å². The van der Waals surface area contributed by atoms with Crippen LogP contribution in [-0.2, 0) is 11.3 Å². The van der Waals surface area contributed by atoms with Gasteiger partial charge in [0.2, 0.25) is 5.91 Å². The molecule has 0 bridgehead atoms. The molecule has 0 spiro atoms. The van der Waals surface area contributed by atoms with Gasteiger partial charge in [-0.05, 0) is 36.1 Å². The van der Waals surface area contributed by atoms with Gasteiger partial charge in [0, 0.05) is 43.0 Å². The summed E-state index contributed by atoms with van der Waals surface area (Å²) < 4.78 is 32.8. The van der Waals surface area contributed by atoms with Gasteiger partial charge in [0.15, 0.2) is 0 Å². The molecule has 0 saturated carbocycles. The van der Waals surface area contributed by atoms with Gasteiger partial charge in [-0.2, -0.15) is 0 Å². The third-order valence-electron chi connectivity index (χ3n) is 5.91. The molecule has 1 aliphatic heterocycles. The topological polar surface area (TPSA) is 41.6 Å². The van der Waals surface area contributed by atoms with Gasteiger partial charge >= 0.3 is 0 Å². The van der Waals surface area contributed by atoms with Crippen LogP contribution in [0.4, 0.5) is 14.5 Å². The normalized spacial score (nSPS) is 18.8. The van der Waals surface area contributed by atoms with Crippen molar-refractivity contribution in [1.82, 2.24) is 4.90 Å². The molecule has 1 fully saturated rings. The van der Waals surface area contributed by atoms with E-state index in [4.69, 9.17) is 4.74 Å². The second-order valence-electron chi connectivity index (χ2n) is 8.19. The number of amides is 1. The third kappa shape index (κ3) is 5.32. The summed E-state index contributed by atoms with van der Waals surface area (Å²) >= 11 is 0. The van der Waals surface area contributed by atoms with Crippen molar-refractivity contribution in [2.45, 2.75) is 18.9 Å². The average Bonchev–Trinajstić information content (AvgIpc) is 2.81. The number of halogens is 2. The number of rotatable bonds is 6. The van der Waals surface area contributed by atoms with E-state index in [1.807, 2.05) is 36.4 Å². The fourth-order valence-electron chi connectivity index (χ4n) is 4.31. The van der Waals surface area contributed by atoms with E-state index in [9.17, 15) is 13.6 Å². The number of benzene rings is 3. The Kier molecular flexibility index (Phi) is 6.81. The van der Waals surface area contributed by atoms with Gasteiger partial charge < -0.3 is 10.1 Å². The van der Waals surface area contributed by atoms with Crippen LogP contribution >= 0.6 is 0 Å². The lowest BCUT2D eigenvalue weighted by molar-refractivity contribution is -0.121. The Morgan fingerprint density at radius 3 is 2.59 bits per heavy atom. The fourth-order valence-corrected chi connectivity index (χ4v) is 4.31. The number of ether oxygens (including phenoxy) is 1. The lowest BCUT2D eigenvalue weighted by Gasteiger charge is -2.37. The second kappa shape index (κ2) is 9.92. The summed E-state index contributed by atoms with van der Waals surface area (Å²) in [5, 5.41) is 2.99. The first kappa shape index (κ1) is 22.0. The van der Waals surface area contributed by atoms with Crippen molar-refractivity contribution >= 4 is 11.6 Å². The molecule has 166 valence electrons. The van der Waals surface area contributed by atoms with Gasteiger partial charge in [-0.1, -0.05) is 42.5 Å². The summed E-state index contributed by atoms with van der Waals surface area (Å²) in [5.41, 5.74) is 2.25. The third-order valence-corrected chi connectivity index (χ3v) is 5.91. The summed E-state index contributed by atoms with van der Waals surface area (Å²) in [4.78, 5) is 15.2. The first-order valence-corrected chi connectivity index (χ1v) is 10.7. The maximum atomic E-state index is 14.3. The number of hydrogen-bond acceptors (Lipinski definition) is 3. The summed E-state index contributed by atoms with van der Waals surface area (Å²) in [5.74, 6) is -0.713. The Morgan fingerprint density at radius 1 is 1.03 bits per heavy atom. The van der Waals surface area contributed by atoms with Crippen LogP contribution in [0.3, 0.4) is 0 Å². The number of anilines is 1. The number of hydrogen-bond donors (Lipinski definition) is 1. The molecule has 0 aliphatic carbocycles. The SMILES string of the molecule is COc1cccc(NC(=O)[C@H]2C[C@@H](c3ccccc3)CN(Cc3ccc(F)cc3F)C2)c1. The molecule has 4 nitrogen and oxygen atoms in total. The fraction of sp³-hybridized carbons (Fsp3) is 0.269. The molecule has 1 heterocycles. The van der Waals surface area contributed by atoms with E-state index in [1.54, 1.807) is 13.2 Å². The molecule has 0 unspecified atom stereocenters. The number of nitrogens with zero attached hydrogens (tertiary/aromatic N) is 1. The first-order valence-electron chi connectivity index (χ1n) is 10.7. The molecule has 1 aliphatic rings. The van der Waals surface area contributed by atoms with Crippen molar-refractivity contribution in [1.29, 1.82) is 0 Å². The maximum Gasteiger partial charge on any atom is 0.228 e. The zero-order valence-corrected chi connectivity index (χ0v) is 17.9. The molecule has 1 saturated heterocycles. The van der Waals surface area contributed by atoms with Crippen molar-refractivity contribution in [3.8, 4) is 5.75 Å². The van der Waals surface area contributed by atoms with E-state index < -0.39 is 11.6 Å². The van der Waals surface area contributed by atoms with E-state index >= 15 is 0 Å². The van der Waals surface area contributed by atoms with Crippen LogP contribution in [0.25, 0.3) is 0 Å². The zero-order valence-electron chi connectivity index (χ0n) is 17.9. The Hall–Kier alpha value is -3.25. The van der Waals surface area contributed by atoms with Crippen molar-refractivity contribution in [2.24, 2.45) is 5.92 Å². The smallest absolute Gasteiger partial charge is 0.228 e. The quantitative estimate of drug-likeness (QED) is 0.576. The van der Waals surface area contributed by atoms with Gasteiger partial charge in [0.05, 0.1) is 13.0 Å². The molecule has 1 amide bonds. The largest absolute Gasteiger partial charge is 0.497 e. The number of nitrogens with one attached hydrogen (secondary N) is 1. The van der Waals surface area contributed by atoms with Crippen LogP contribution in [0, 0.1) is 17.6 Å². The number of carbonyl (C=O) groups excluding carboxylic acids is 1. The monoisotopic (exact) mass is 436 g/mol. The highest BCUT2D eigenvalue weighted by Crippen LogP contribution is 2.32. The molecule has 32 heavy (non-hydrogen) atoms. The highest BCUT2D eigenvalue weighted by atomic mass is 19.1. The summed E-state index contributed by atoms with van der Waals surface area (Å²) in [7, 11) is 1.58. The Morgan fingerprint density at radius 2 is 1.84 bits per heavy atom. The molecule has 3 aromatic rings. The standard InChI is InChI=1S/C26H26F2N2O2/c1-32-24-9-5-8-23(14-24)29-26(31)21-12-20(18-6-3-2-4-7-18)16-30(17-21)15-19-10-11-22(27)13-25(19)28/h2-11,13-14,20-21H,12,15-17H2,1H3,(H,29,31)/t20-,21+/m1/s1. The van der Waals surface area contributed by atoms with E-state index in [0.29, 0.717) is 43.1 Å². The molecular formula is C26H26F2N2O2. The number of methoxy groups -OCH3 is 1. The van der Waals surface area contributed by atoms with Gasteiger partial charge in [-0.3, -0.25) is 9.69 Å². The summed E-state index contributed by atoms with van der Waals surface area (Å²) in [6, 6.07) is 20.9. The predicted molar refractivity (Wildman–Crippen MR) is 121 cm³/mol. The lowest BCUT2D eigenvalue weighted by Crippen LogP contribution is -2.43. The van der Waals surface area contributed by atoms with Crippen LogP contribution in [0.5, 0.6) is 5.75 Å². The van der Waals surface area contributed by atoms with Gasteiger partial charge in [0.1, 0.15) is 17.4 Å². The Bertz CT molecular complexity index is 1070. The van der Waals surface area contributed by atoms with E-state index in [0.717, 1.165) is 11.6 Å². The first-order chi connectivity index (χ1) is 15.5. The van der Waals surface area contributed by atoms with Gasteiger partial charge in [-0.15, -0.1) is 0 Å². The molecule has 0 radical (unpaired) electrons. The van der Waals surface area contributed by atoms with Crippen LogP contribution < -0.4 is 10.1 Å². The Balaban J connectivity index is 1.54. The van der Waals surface area contributed by atoms with Crippen LogP contribution in [0.1, 0.15) is 23.5 Å². The van der Waals surface area contributed by atoms with Gasteiger partial charge in [0.25, 0.3) is 0 Å². The molecular weight excluding hydrogens is 410 g/mol. The zero-order chi connectivity index (χ0) is 22.5. The maximum absolute atomic E-state index is 14.3. The van der Waals surface area contributed by atoms with Gasteiger partial charge in [-0.25, -0.2) is 8.78 Å².